The third-order valence-electron chi connectivity index (χ3n) is 3.28. The standard InChI is InChI=1S/C14H15Cl2N3O3/c1-18-11(6-12(15)14(18)16)7-17-13-4-3-10(19(20)21)5-9(13)8-22-2/h3-6,17H,7-8H2,1-2H3. The van der Waals surface area contributed by atoms with Gasteiger partial charge in [0.2, 0.25) is 0 Å². The van der Waals surface area contributed by atoms with Gasteiger partial charge in [0.25, 0.3) is 5.69 Å². The van der Waals surface area contributed by atoms with Gasteiger partial charge < -0.3 is 14.6 Å². The fraction of sp³-hybridized carbons (Fsp3) is 0.286. The largest absolute Gasteiger partial charge is 0.380 e. The summed E-state index contributed by atoms with van der Waals surface area (Å²) in [6, 6.07) is 6.39. The Bertz CT molecular complexity index is 701. The first kappa shape index (κ1) is 16.6. The molecule has 118 valence electrons. The summed E-state index contributed by atoms with van der Waals surface area (Å²) < 4.78 is 6.87. The number of nitrogens with one attached hydrogen (secondary N) is 1. The molecule has 6 nitrogen and oxygen atoms in total. The van der Waals surface area contributed by atoms with Gasteiger partial charge in [-0.3, -0.25) is 10.1 Å². The second-order valence-corrected chi connectivity index (χ2v) is 5.48. The zero-order chi connectivity index (χ0) is 16.3. The summed E-state index contributed by atoms with van der Waals surface area (Å²) in [6.45, 7) is 0.760. The van der Waals surface area contributed by atoms with Gasteiger partial charge in [0.05, 0.1) is 23.1 Å². The fourth-order valence-corrected chi connectivity index (χ4v) is 2.50. The first-order valence-electron chi connectivity index (χ1n) is 6.43. The van der Waals surface area contributed by atoms with E-state index in [1.807, 2.05) is 7.05 Å². The van der Waals surface area contributed by atoms with Crippen LogP contribution in [0.5, 0.6) is 0 Å². The number of rotatable bonds is 6. The number of halogens is 2. The Morgan fingerprint density at radius 3 is 2.64 bits per heavy atom. The van der Waals surface area contributed by atoms with Crippen LogP contribution in [0.1, 0.15) is 11.3 Å². The topological polar surface area (TPSA) is 69.3 Å². The minimum Gasteiger partial charge on any atom is -0.380 e. The monoisotopic (exact) mass is 343 g/mol. The van der Waals surface area contributed by atoms with Crippen LogP contribution in [0.15, 0.2) is 24.3 Å². The van der Waals surface area contributed by atoms with E-state index in [4.69, 9.17) is 27.9 Å². The predicted octanol–water partition coefficient (Wildman–Crippen LogP) is 4.00. The Morgan fingerprint density at radius 1 is 1.36 bits per heavy atom. The van der Waals surface area contributed by atoms with Crippen LogP contribution in [0.4, 0.5) is 11.4 Å². The molecule has 0 aliphatic rings. The second-order valence-electron chi connectivity index (χ2n) is 4.72. The lowest BCUT2D eigenvalue weighted by Gasteiger charge is -2.12. The molecular weight excluding hydrogens is 329 g/mol. The van der Waals surface area contributed by atoms with E-state index in [2.05, 4.69) is 5.32 Å². The third kappa shape index (κ3) is 3.52. The zero-order valence-corrected chi connectivity index (χ0v) is 13.6. The second kappa shape index (κ2) is 7.00. The molecule has 1 heterocycles. The lowest BCUT2D eigenvalue weighted by Crippen LogP contribution is -2.07. The number of nitro benzene ring substituents is 1. The van der Waals surface area contributed by atoms with E-state index in [0.29, 0.717) is 22.3 Å². The van der Waals surface area contributed by atoms with E-state index in [1.165, 1.54) is 12.1 Å². The summed E-state index contributed by atoms with van der Waals surface area (Å²) in [6.07, 6.45) is 0. The summed E-state index contributed by atoms with van der Waals surface area (Å²) in [5.74, 6) is 0. The van der Waals surface area contributed by atoms with Crippen molar-refractivity contribution < 1.29 is 9.66 Å². The summed E-state index contributed by atoms with van der Waals surface area (Å²) in [4.78, 5) is 10.4. The Labute approximate surface area is 137 Å². The van der Waals surface area contributed by atoms with Gasteiger partial charge >= 0.3 is 0 Å². The Morgan fingerprint density at radius 2 is 2.09 bits per heavy atom. The molecule has 0 aliphatic heterocycles. The molecule has 0 radical (unpaired) electrons. The highest BCUT2D eigenvalue weighted by atomic mass is 35.5. The molecule has 8 heteroatoms. The number of anilines is 1. The lowest BCUT2D eigenvalue weighted by atomic mass is 10.1. The Balaban J connectivity index is 2.21. The smallest absolute Gasteiger partial charge is 0.269 e. The maximum absolute atomic E-state index is 10.8. The van der Waals surface area contributed by atoms with Crippen LogP contribution in [-0.4, -0.2) is 16.6 Å². The maximum Gasteiger partial charge on any atom is 0.269 e. The van der Waals surface area contributed by atoms with Gasteiger partial charge in [0.15, 0.2) is 0 Å². The highest BCUT2D eigenvalue weighted by molar-refractivity contribution is 6.41. The van der Waals surface area contributed by atoms with Crippen LogP contribution >= 0.6 is 23.2 Å². The average molecular weight is 344 g/mol. The van der Waals surface area contributed by atoms with E-state index >= 15 is 0 Å². The molecule has 2 aromatic rings. The van der Waals surface area contributed by atoms with Crippen molar-refractivity contribution >= 4 is 34.6 Å². The van der Waals surface area contributed by atoms with Crippen molar-refractivity contribution in [3.05, 3.63) is 55.8 Å². The van der Waals surface area contributed by atoms with Gasteiger partial charge in [-0.25, -0.2) is 0 Å². The van der Waals surface area contributed by atoms with Crippen molar-refractivity contribution in [2.24, 2.45) is 7.05 Å². The Hall–Kier alpha value is -1.76. The maximum atomic E-state index is 10.8. The third-order valence-corrected chi connectivity index (χ3v) is 4.12. The van der Waals surface area contributed by atoms with Gasteiger partial charge in [-0.15, -0.1) is 0 Å². The highest BCUT2D eigenvalue weighted by Gasteiger charge is 2.12. The summed E-state index contributed by atoms with van der Waals surface area (Å²) >= 11 is 12.0. The summed E-state index contributed by atoms with van der Waals surface area (Å²) in [5, 5.41) is 15.0. The van der Waals surface area contributed by atoms with Crippen molar-refractivity contribution in [3.63, 3.8) is 0 Å². The molecule has 1 aromatic carbocycles. The number of ether oxygens (including phenoxy) is 1. The number of aromatic nitrogens is 1. The van der Waals surface area contributed by atoms with E-state index in [1.54, 1.807) is 23.8 Å². The molecule has 0 spiro atoms. The molecule has 0 bridgehead atoms. The highest BCUT2D eigenvalue weighted by Crippen LogP contribution is 2.27. The van der Waals surface area contributed by atoms with E-state index in [-0.39, 0.29) is 12.3 Å². The molecule has 0 saturated heterocycles. The molecule has 0 saturated carbocycles. The van der Waals surface area contributed by atoms with Crippen LogP contribution in [0.2, 0.25) is 10.2 Å². The molecule has 0 atom stereocenters. The first-order chi connectivity index (χ1) is 10.4. The van der Waals surface area contributed by atoms with Gasteiger partial charge in [-0.2, -0.15) is 0 Å². The zero-order valence-electron chi connectivity index (χ0n) is 12.1. The van der Waals surface area contributed by atoms with Gasteiger partial charge in [-0.1, -0.05) is 23.2 Å². The van der Waals surface area contributed by atoms with Crippen molar-refractivity contribution in [2.75, 3.05) is 12.4 Å². The van der Waals surface area contributed by atoms with Crippen molar-refractivity contribution in [1.82, 2.24) is 4.57 Å². The average Bonchev–Trinajstić information content (AvgIpc) is 2.73. The van der Waals surface area contributed by atoms with Gasteiger partial charge in [-0.05, 0) is 12.1 Å². The number of benzene rings is 1. The van der Waals surface area contributed by atoms with E-state index in [9.17, 15) is 10.1 Å². The molecular formula is C14H15Cl2N3O3. The fourth-order valence-electron chi connectivity index (χ4n) is 2.09. The van der Waals surface area contributed by atoms with Crippen LogP contribution < -0.4 is 5.32 Å². The van der Waals surface area contributed by atoms with Crippen LogP contribution in [-0.2, 0) is 24.9 Å². The molecule has 1 N–H and O–H groups in total. The van der Waals surface area contributed by atoms with E-state index in [0.717, 1.165) is 11.4 Å². The molecule has 0 amide bonds. The van der Waals surface area contributed by atoms with Crippen LogP contribution in [0.25, 0.3) is 0 Å². The number of hydrogen-bond donors (Lipinski definition) is 1. The molecule has 1 aromatic heterocycles. The quantitative estimate of drug-likeness (QED) is 0.635. The SMILES string of the molecule is COCc1cc([N+](=O)[O-])ccc1NCc1cc(Cl)c(Cl)n1C. The summed E-state index contributed by atoms with van der Waals surface area (Å²) in [5.41, 5.74) is 2.41. The number of hydrogen-bond acceptors (Lipinski definition) is 4. The first-order valence-corrected chi connectivity index (χ1v) is 7.19. The number of nitrogens with zero attached hydrogens (tertiary/aromatic N) is 2. The van der Waals surface area contributed by atoms with Crippen LogP contribution in [0.3, 0.4) is 0 Å². The number of non-ortho nitro benzene ring substituents is 1. The lowest BCUT2D eigenvalue weighted by molar-refractivity contribution is -0.384. The van der Waals surface area contributed by atoms with Crippen molar-refractivity contribution in [1.29, 1.82) is 0 Å². The van der Waals surface area contributed by atoms with Gasteiger partial charge in [0.1, 0.15) is 5.15 Å². The number of methoxy groups -OCH3 is 1. The van der Waals surface area contributed by atoms with E-state index < -0.39 is 4.92 Å². The van der Waals surface area contributed by atoms with Gasteiger partial charge in [0, 0.05) is 43.2 Å². The molecule has 0 fully saturated rings. The molecule has 2 rings (SSSR count). The molecule has 0 aliphatic carbocycles. The minimum absolute atomic E-state index is 0.0301. The number of nitro groups is 1. The molecule has 22 heavy (non-hydrogen) atoms. The van der Waals surface area contributed by atoms with Crippen molar-refractivity contribution in [2.45, 2.75) is 13.2 Å². The Kier molecular flexibility index (Phi) is 5.28. The summed E-state index contributed by atoms with van der Waals surface area (Å²) in [7, 11) is 3.36. The van der Waals surface area contributed by atoms with Crippen LogP contribution in [0, 0.1) is 10.1 Å². The minimum atomic E-state index is -0.431. The van der Waals surface area contributed by atoms with Crippen molar-refractivity contribution in [3.8, 4) is 0 Å². The normalized spacial score (nSPS) is 10.7. The predicted molar refractivity (Wildman–Crippen MR) is 86.6 cm³/mol. The molecule has 0 unspecified atom stereocenters.